The van der Waals surface area contributed by atoms with Crippen molar-refractivity contribution in [3.63, 3.8) is 0 Å². The summed E-state index contributed by atoms with van der Waals surface area (Å²) in [5, 5.41) is 7.32. The van der Waals surface area contributed by atoms with Gasteiger partial charge in [0.05, 0.1) is 12.5 Å². The summed E-state index contributed by atoms with van der Waals surface area (Å²) < 4.78 is 11.1. The number of nitrogens with zero attached hydrogens (tertiary/aromatic N) is 2. The second-order valence-corrected chi connectivity index (χ2v) is 7.20. The van der Waals surface area contributed by atoms with Crippen LogP contribution in [0.4, 0.5) is 11.6 Å². The lowest BCUT2D eigenvalue weighted by Gasteiger charge is -2.10. The fourth-order valence-corrected chi connectivity index (χ4v) is 3.34. The first-order chi connectivity index (χ1) is 14.6. The first-order valence-corrected chi connectivity index (χ1v) is 10.1. The van der Waals surface area contributed by atoms with Gasteiger partial charge in [0, 0.05) is 5.69 Å². The topological polar surface area (TPSA) is 60.2 Å². The molecule has 0 aliphatic carbocycles. The Morgan fingerprint density at radius 1 is 0.967 bits per heavy atom. The molecule has 0 amide bonds. The van der Waals surface area contributed by atoms with E-state index in [1.54, 1.807) is 0 Å². The molecule has 1 heterocycles. The van der Waals surface area contributed by atoms with Gasteiger partial charge in [0.1, 0.15) is 5.75 Å². The average Bonchev–Trinajstić information content (AvgIpc) is 3.24. The van der Waals surface area contributed by atoms with Crippen molar-refractivity contribution in [1.29, 1.82) is 0 Å². The van der Waals surface area contributed by atoms with E-state index >= 15 is 0 Å². The molecular formula is C25H25N3O2. The Labute approximate surface area is 176 Å². The molecule has 0 spiro atoms. The van der Waals surface area contributed by atoms with Crippen LogP contribution in [0.5, 0.6) is 5.75 Å². The number of nitrogens with one attached hydrogen (secondary N) is 1. The Kier molecular flexibility index (Phi) is 5.80. The number of ether oxygens (including phenoxy) is 1. The van der Waals surface area contributed by atoms with Crippen LogP contribution in [0, 0.1) is 6.92 Å². The Morgan fingerprint density at radius 2 is 1.77 bits per heavy atom. The third-order valence-corrected chi connectivity index (χ3v) is 5.09. The van der Waals surface area contributed by atoms with E-state index < -0.39 is 0 Å². The number of hydrogen-bond donors (Lipinski definition) is 1. The molecule has 1 atom stereocenters. The smallest absolute Gasteiger partial charge is 0.267 e. The minimum Gasteiger partial charge on any atom is -0.494 e. The molecule has 0 radical (unpaired) electrons. The van der Waals surface area contributed by atoms with Gasteiger partial charge in [-0.15, -0.1) is 0 Å². The van der Waals surface area contributed by atoms with Gasteiger partial charge in [-0.05, 0) is 66.4 Å². The molecule has 1 unspecified atom stereocenters. The van der Waals surface area contributed by atoms with E-state index in [1.165, 1.54) is 0 Å². The van der Waals surface area contributed by atoms with E-state index in [9.17, 15) is 0 Å². The first-order valence-electron chi connectivity index (χ1n) is 10.1. The van der Waals surface area contributed by atoms with Gasteiger partial charge < -0.3 is 14.6 Å². The molecule has 0 saturated carbocycles. The van der Waals surface area contributed by atoms with E-state index in [2.05, 4.69) is 58.8 Å². The van der Waals surface area contributed by atoms with E-state index in [0.29, 0.717) is 18.4 Å². The summed E-state index contributed by atoms with van der Waals surface area (Å²) in [5.74, 6) is 1.90. The van der Waals surface area contributed by atoms with Crippen LogP contribution in [0.3, 0.4) is 0 Å². The Morgan fingerprint density at radius 3 is 2.53 bits per heavy atom. The summed E-state index contributed by atoms with van der Waals surface area (Å²) in [6.07, 6.45) is 0. The second kappa shape index (κ2) is 8.82. The minimum absolute atomic E-state index is 0.0208. The van der Waals surface area contributed by atoms with Crippen molar-refractivity contribution < 1.29 is 9.26 Å². The van der Waals surface area contributed by atoms with Crippen molar-refractivity contribution in [2.45, 2.75) is 26.7 Å². The summed E-state index contributed by atoms with van der Waals surface area (Å²) in [6.45, 7) is 6.76. The normalized spacial score (nSPS) is 11.8. The highest BCUT2D eigenvalue weighted by Crippen LogP contribution is 2.29. The largest absolute Gasteiger partial charge is 0.494 e. The first kappa shape index (κ1) is 19.7. The summed E-state index contributed by atoms with van der Waals surface area (Å²) in [6, 6.07) is 24.6. The molecule has 4 rings (SSSR count). The second-order valence-electron chi connectivity index (χ2n) is 7.20. The summed E-state index contributed by atoms with van der Waals surface area (Å²) in [5.41, 5.74) is 5.49. The monoisotopic (exact) mass is 399 g/mol. The lowest BCUT2D eigenvalue weighted by atomic mass is 9.96. The van der Waals surface area contributed by atoms with Crippen LogP contribution in [0.1, 0.15) is 36.8 Å². The van der Waals surface area contributed by atoms with Gasteiger partial charge in [0.25, 0.3) is 5.95 Å². The van der Waals surface area contributed by atoms with Crippen molar-refractivity contribution in [1.82, 2.24) is 10.1 Å². The fourth-order valence-electron chi connectivity index (χ4n) is 3.34. The molecule has 1 aromatic heterocycles. The molecule has 0 aliphatic heterocycles. The number of anilines is 2. The molecule has 5 heteroatoms. The molecule has 152 valence electrons. The van der Waals surface area contributed by atoms with Crippen LogP contribution >= 0.6 is 0 Å². The van der Waals surface area contributed by atoms with Gasteiger partial charge in [-0.25, -0.2) is 0 Å². The molecule has 0 bridgehead atoms. The SMILES string of the molecule is CCOc1ccc(-c2cccc(C(C)c3nc(Nc4ccccc4C)no3)c2)cc1. The lowest BCUT2D eigenvalue weighted by molar-refractivity contribution is 0.340. The van der Waals surface area contributed by atoms with E-state index in [4.69, 9.17) is 9.26 Å². The average molecular weight is 399 g/mol. The standard InChI is InChI=1S/C25H25N3O2/c1-4-29-22-14-12-19(13-15-22)21-10-7-9-20(16-21)18(3)24-27-25(28-30-24)26-23-11-6-5-8-17(23)2/h5-16,18H,4H2,1-3H3,(H,26,28). The highest BCUT2D eigenvalue weighted by molar-refractivity contribution is 5.65. The van der Waals surface area contributed by atoms with Crippen molar-refractivity contribution in [2.24, 2.45) is 0 Å². The molecule has 1 N–H and O–H groups in total. The fraction of sp³-hybridized carbons (Fsp3) is 0.200. The maximum absolute atomic E-state index is 5.54. The molecule has 4 aromatic rings. The Hall–Kier alpha value is -3.60. The number of benzene rings is 3. The molecule has 5 nitrogen and oxygen atoms in total. The zero-order valence-electron chi connectivity index (χ0n) is 17.4. The van der Waals surface area contributed by atoms with Crippen molar-refractivity contribution in [3.8, 4) is 16.9 Å². The van der Waals surface area contributed by atoms with Crippen LogP contribution in [0.15, 0.2) is 77.3 Å². The highest BCUT2D eigenvalue weighted by Gasteiger charge is 2.17. The number of para-hydroxylation sites is 1. The molecule has 0 aliphatic rings. The van der Waals surface area contributed by atoms with E-state index in [-0.39, 0.29) is 5.92 Å². The van der Waals surface area contributed by atoms with Gasteiger partial charge in [-0.3, -0.25) is 0 Å². The minimum atomic E-state index is -0.0208. The van der Waals surface area contributed by atoms with Crippen LogP contribution in [0.25, 0.3) is 11.1 Å². The van der Waals surface area contributed by atoms with Gasteiger partial charge in [-0.1, -0.05) is 54.6 Å². The van der Waals surface area contributed by atoms with Crippen molar-refractivity contribution in [3.05, 3.63) is 89.8 Å². The third-order valence-electron chi connectivity index (χ3n) is 5.09. The summed E-state index contributed by atoms with van der Waals surface area (Å²) in [4.78, 5) is 4.55. The van der Waals surface area contributed by atoms with Gasteiger partial charge >= 0.3 is 0 Å². The van der Waals surface area contributed by atoms with Gasteiger partial charge in [-0.2, -0.15) is 4.98 Å². The van der Waals surface area contributed by atoms with Gasteiger partial charge in [0.2, 0.25) is 5.89 Å². The quantitative estimate of drug-likeness (QED) is 0.393. The number of hydrogen-bond acceptors (Lipinski definition) is 5. The number of rotatable bonds is 7. The summed E-state index contributed by atoms with van der Waals surface area (Å²) in [7, 11) is 0. The van der Waals surface area contributed by atoms with Gasteiger partial charge in [0.15, 0.2) is 0 Å². The predicted molar refractivity (Wildman–Crippen MR) is 119 cm³/mol. The number of aryl methyl sites for hydroxylation is 1. The molecular weight excluding hydrogens is 374 g/mol. The molecule has 30 heavy (non-hydrogen) atoms. The van der Waals surface area contributed by atoms with Crippen LogP contribution < -0.4 is 10.1 Å². The highest BCUT2D eigenvalue weighted by atomic mass is 16.5. The third kappa shape index (κ3) is 4.35. The van der Waals surface area contributed by atoms with Crippen LogP contribution in [-0.4, -0.2) is 16.7 Å². The van der Waals surface area contributed by atoms with Crippen LogP contribution in [-0.2, 0) is 0 Å². The maximum Gasteiger partial charge on any atom is 0.267 e. The molecule has 0 fully saturated rings. The van der Waals surface area contributed by atoms with Crippen molar-refractivity contribution in [2.75, 3.05) is 11.9 Å². The Bertz CT molecular complexity index is 1120. The lowest BCUT2D eigenvalue weighted by Crippen LogP contribution is -1.98. The van der Waals surface area contributed by atoms with Crippen molar-refractivity contribution >= 4 is 11.6 Å². The maximum atomic E-state index is 5.54. The summed E-state index contributed by atoms with van der Waals surface area (Å²) >= 11 is 0. The molecule has 3 aromatic carbocycles. The Balaban J connectivity index is 1.52. The zero-order chi connectivity index (χ0) is 20.9. The number of aromatic nitrogens is 2. The van der Waals surface area contributed by atoms with E-state index in [0.717, 1.165) is 33.7 Å². The molecule has 0 saturated heterocycles. The zero-order valence-corrected chi connectivity index (χ0v) is 17.4. The van der Waals surface area contributed by atoms with Crippen LogP contribution in [0.2, 0.25) is 0 Å². The predicted octanol–water partition coefficient (Wildman–Crippen LogP) is 6.34. The van der Waals surface area contributed by atoms with E-state index in [1.807, 2.05) is 50.2 Å².